The number of nitrogens with zero attached hydrogens (tertiary/aromatic N) is 1. The van der Waals surface area contributed by atoms with Gasteiger partial charge in [-0.15, -0.1) is 0 Å². The van der Waals surface area contributed by atoms with Gasteiger partial charge in [0.2, 0.25) is 11.8 Å². The maximum Gasteiger partial charge on any atom is 0.242 e. The summed E-state index contributed by atoms with van der Waals surface area (Å²) in [5.74, 6) is 0.138. The molecule has 1 aromatic carbocycles. The quantitative estimate of drug-likeness (QED) is 0.869. The van der Waals surface area contributed by atoms with Gasteiger partial charge in [-0.05, 0) is 24.3 Å². The van der Waals surface area contributed by atoms with Gasteiger partial charge >= 0.3 is 0 Å². The largest absolute Gasteiger partial charge is 0.357 e. The minimum atomic E-state index is -0.513. The van der Waals surface area contributed by atoms with Crippen LogP contribution in [0.5, 0.6) is 0 Å². The predicted octanol–water partition coefficient (Wildman–Crippen LogP) is 0.930. The van der Waals surface area contributed by atoms with E-state index in [4.69, 9.17) is 5.73 Å². The number of benzene rings is 1. The lowest BCUT2D eigenvalue weighted by molar-refractivity contribution is -0.140. The third kappa shape index (κ3) is 3.85. The van der Waals surface area contributed by atoms with Crippen molar-refractivity contribution < 1.29 is 9.59 Å². The van der Waals surface area contributed by atoms with Crippen molar-refractivity contribution in [1.29, 1.82) is 0 Å². The van der Waals surface area contributed by atoms with Crippen LogP contribution >= 0.6 is 0 Å². The first-order chi connectivity index (χ1) is 10.5. The van der Waals surface area contributed by atoms with E-state index in [0.717, 1.165) is 12.0 Å². The van der Waals surface area contributed by atoms with E-state index in [9.17, 15) is 9.59 Å². The van der Waals surface area contributed by atoms with Gasteiger partial charge < -0.3 is 16.0 Å². The molecule has 120 valence electrons. The average molecular weight is 303 g/mol. The van der Waals surface area contributed by atoms with Crippen LogP contribution in [0.4, 0.5) is 0 Å². The Labute approximate surface area is 131 Å². The lowest BCUT2D eigenvalue weighted by atomic mass is 10.0. The molecule has 22 heavy (non-hydrogen) atoms. The summed E-state index contributed by atoms with van der Waals surface area (Å²) < 4.78 is 0. The summed E-state index contributed by atoms with van der Waals surface area (Å²) in [4.78, 5) is 26.5. The van der Waals surface area contributed by atoms with E-state index in [1.54, 1.807) is 11.9 Å². The zero-order valence-corrected chi connectivity index (χ0v) is 13.3. The Morgan fingerprint density at radius 3 is 2.73 bits per heavy atom. The molecule has 5 nitrogen and oxygen atoms in total. The van der Waals surface area contributed by atoms with Gasteiger partial charge in [0.15, 0.2) is 0 Å². The van der Waals surface area contributed by atoms with E-state index in [1.165, 1.54) is 0 Å². The average Bonchev–Trinajstić information content (AvgIpc) is 2.65. The molecule has 1 saturated heterocycles. The van der Waals surface area contributed by atoms with Crippen LogP contribution < -0.4 is 11.1 Å². The SMILES string of the molecule is CNC(=O)[C@H](Cc1ccccc1)N1CC[C@H](C)C[C@H](N)C1=O. The molecular weight excluding hydrogens is 278 g/mol. The Hall–Kier alpha value is -1.88. The van der Waals surface area contributed by atoms with Crippen LogP contribution in [-0.4, -0.2) is 42.4 Å². The van der Waals surface area contributed by atoms with E-state index >= 15 is 0 Å². The molecule has 1 aliphatic heterocycles. The Morgan fingerprint density at radius 2 is 2.09 bits per heavy atom. The van der Waals surface area contributed by atoms with Crippen molar-refractivity contribution in [3.8, 4) is 0 Å². The molecule has 1 heterocycles. The molecule has 5 heteroatoms. The predicted molar refractivity (Wildman–Crippen MR) is 86.1 cm³/mol. The number of carbonyl (C=O) groups excluding carboxylic acids is 2. The summed E-state index contributed by atoms with van der Waals surface area (Å²) in [7, 11) is 1.60. The number of hydrogen-bond donors (Lipinski definition) is 2. The summed E-state index contributed by atoms with van der Waals surface area (Å²) in [5.41, 5.74) is 7.05. The lowest BCUT2D eigenvalue weighted by Crippen LogP contribution is -2.53. The van der Waals surface area contributed by atoms with Gasteiger partial charge in [-0.2, -0.15) is 0 Å². The number of nitrogens with one attached hydrogen (secondary N) is 1. The third-order valence-corrected chi connectivity index (χ3v) is 4.32. The molecule has 3 atom stereocenters. The number of nitrogens with two attached hydrogens (primary N) is 1. The topological polar surface area (TPSA) is 75.4 Å². The van der Waals surface area contributed by atoms with Crippen molar-refractivity contribution >= 4 is 11.8 Å². The number of likely N-dealkylation sites (N-methyl/N-ethyl adjacent to an activating group) is 1. The normalized spacial score (nSPS) is 23.8. The van der Waals surface area contributed by atoms with Crippen LogP contribution in [0.1, 0.15) is 25.3 Å². The maximum absolute atomic E-state index is 12.6. The van der Waals surface area contributed by atoms with E-state index in [0.29, 0.717) is 25.3 Å². The first-order valence-electron chi connectivity index (χ1n) is 7.84. The minimum absolute atomic E-state index is 0.117. The van der Waals surface area contributed by atoms with Crippen molar-refractivity contribution in [2.24, 2.45) is 11.7 Å². The fourth-order valence-electron chi connectivity index (χ4n) is 2.99. The van der Waals surface area contributed by atoms with Crippen molar-refractivity contribution in [3.63, 3.8) is 0 Å². The summed E-state index contributed by atoms with van der Waals surface area (Å²) >= 11 is 0. The zero-order valence-electron chi connectivity index (χ0n) is 13.3. The van der Waals surface area contributed by atoms with Gasteiger partial charge in [0, 0.05) is 20.0 Å². The van der Waals surface area contributed by atoms with Crippen molar-refractivity contribution in [3.05, 3.63) is 35.9 Å². The molecule has 0 saturated carbocycles. The molecule has 3 N–H and O–H groups in total. The lowest BCUT2D eigenvalue weighted by Gasteiger charge is -2.31. The van der Waals surface area contributed by atoms with Gasteiger partial charge in [-0.25, -0.2) is 0 Å². The van der Waals surface area contributed by atoms with Gasteiger partial charge in [0.05, 0.1) is 6.04 Å². The molecule has 0 radical (unpaired) electrons. The Kier molecular flexibility index (Phi) is 5.55. The van der Waals surface area contributed by atoms with Crippen LogP contribution in [-0.2, 0) is 16.0 Å². The van der Waals surface area contributed by atoms with Gasteiger partial charge in [-0.3, -0.25) is 9.59 Å². The van der Waals surface area contributed by atoms with Crippen LogP contribution in [0.2, 0.25) is 0 Å². The van der Waals surface area contributed by atoms with Crippen molar-refractivity contribution in [2.45, 2.75) is 38.3 Å². The maximum atomic E-state index is 12.6. The number of hydrogen-bond acceptors (Lipinski definition) is 3. The van der Waals surface area contributed by atoms with Crippen LogP contribution in [0, 0.1) is 5.92 Å². The van der Waals surface area contributed by atoms with E-state index in [-0.39, 0.29) is 11.8 Å². The van der Waals surface area contributed by atoms with Crippen LogP contribution in [0.3, 0.4) is 0 Å². The summed E-state index contributed by atoms with van der Waals surface area (Å²) in [5, 5.41) is 2.68. The Balaban J connectivity index is 2.24. The fourth-order valence-corrected chi connectivity index (χ4v) is 2.99. The van der Waals surface area contributed by atoms with Gasteiger partial charge in [0.25, 0.3) is 0 Å². The monoisotopic (exact) mass is 303 g/mol. The summed E-state index contributed by atoms with van der Waals surface area (Å²) in [6.07, 6.45) is 2.07. The molecule has 1 aromatic rings. The smallest absolute Gasteiger partial charge is 0.242 e. The molecule has 2 amide bonds. The highest BCUT2D eigenvalue weighted by molar-refractivity contribution is 5.90. The first-order valence-corrected chi connectivity index (χ1v) is 7.84. The van der Waals surface area contributed by atoms with Crippen LogP contribution in [0.25, 0.3) is 0 Å². The second kappa shape index (κ2) is 7.40. The number of carbonyl (C=O) groups is 2. The highest BCUT2D eigenvalue weighted by Crippen LogP contribution is 2.20. The fraction of sp³-hybridized carbons (Fsp3) is 0.529. The molecule has 1 fully saturated rings. The van der Waals surface area contributed by atoms with Crippen molar-refractivity contribution in [1.82, 2.24) is 10.2 Å². The standard InChI is InChI=1S/C17H25N3O2/c1-12-8-9-20(17(22)14(18)10-12)15(16(21)19-2)11-13-6-4-3-5-7-13/h3-7,12,14-15H,8-11,18H2,1-2H3,(H,19,21)/t12-,14-,15-/m0/s1. The van der Waals surface area contributed by atoms with Gasteiger partial charge in [0.1, 0.15) is 6.04 Å². The second-order valence-electron chi connectivity index (χ2n) is 6.09. The highest BCUT2D eigenvalue weighted by Gasteiger charge is 2.34. The van der Waals surface area contributed by atoms with Crippen LogP contribution in [0.15, 0.2) is 30.3 Å². The summed E-state index contributed by atoms with van der Waals surface area (Å²) in [6.45, 7) is 2.68. The minimum Gasteiger partial charge on any atom is -0.357 e. The number of rotatable bonds is 4. The molecule has 0 spiro atoms. The Bertz CT molecular complexity index is 518. The molecule has 0 aliphatic carbocycles. The Morgan fingerprint density at radius 1 is 1.41 bits per heavy atom. The molecule has 0 aromatic heterocycles. The van der Waals surface area contributed by atoms with Gasteiger partial charge in [-0.1, -0.05) is 37.3 Å². The second-order valence-corrected chi connectivity index (χ2v) is 6.09. The van der Waals surface area contributed by atoms with E-state index < -0.39 is 12.1 Å². The number of likely N-dealkylation sites (tertiary alicyclic amines) is 1. The van der Waals surface area contributed by atoms with E-state index in [2.05, 4.69) is 12.2 Å². The van der Waals surface area contributed by atoms with Crippen molar-refractivity contribution in [2.75, 3.05) is 13.6 Å². The molecule has 0 bridgehead atoms. The molecular formula is C17H25N3O2. The van der Waals surface area contributed by atoms with E-state index in [1.807, 2.05) is 30.3 Å². The summed E-state index contributed by atoms with van der Waals surface area (Å²) in [6, 6.07) is 8.74. The number of amides is 2. The molecule has 1 aliphatic rings. The highest BCUT2D eigenvalue weighted by atomic mass is 16.2. The third-order valence-electron chi connectivity index (χ3n) is 4.32. The first kappa shape index (κ1) is 16.5. The molecule has 2 rings (SSSR count). The molecule has 0 unspecified atom stereocenters. The zero-order chi connectivity index (χ0) is 16.1.